The number of amides is 1. The molecule has 2 aromatic heterocycles. The molecule has 1 aliphatic carbocycles. The van der Waals surface area contributed by atoms with Gasteiger partial charge in [-0.1, -0.05) is 0 Å². The van der Waals surface area contributed by atoms with E-state index in [1.54, 1.807) is 0 Å². The fourth-order valence-corrected chi connectivity index (χ4v) is 4.47. The zero-order valence-corrected chi connectivity index (χ0v) is 20.7. The van der Waals surface area contributed by atoms with Gasteiger partial charge in [0.1, 0.15) is 0 Å². The third-order valence-corrected chi connectivity index (χ3v) is 6.53. The van der Waals surface area contributed by atoms with Gasteiger partial charge < -0.3 is 25.0 Å². The number of hydrogen-bond acceptors (Lipinski definition) is 9. The smallest absolute Gasteiger partial charge is 0.227 e. The second kappa shape index (κ2) is 10.5. The Morgan fingerprint density at radius 1 is 1.23 bits per heavy atom. The number of hydrogen-bond donors (Lipinski definition) is 3. The number of ether oxygens (including phenoxy) is 2. The fraction of sp³-hybridized carbons (Fsp3) is 0.417. The van der Waals surface area contributed by atoms with Crippen LogP contribution in [0.5, 0.6) is 5.75 Å². The highest BCUT2D eigenvalue weighted by Crippen LogP contribution is 2.39. The molecular formula is C24H29N7O3S. The van der Waals surface area contributed by atoms with Crippen LogP contribution in [0.1, 0.15) is 25.5 Å². The first-order valence-electron chi connectivity index (χ1n) is 11.8. The van der Waals surface area contributed by atoms with E-state index in [9.17, 15) is 4.79 Å². The number of morpholine rings is 1. The number of aromatic nitrogens is 4. The van der Waals surface area contributed by atoms with E-state index in [0.29, 0.717) is 42.4 Å². The summed E-state index contributed by atoms with van der Waals surface area (Å²) in [7, 11) is 0. The topological polar surface area (TPSA) is 117 Å². The Morgan fingerprint density at radius 2 is 2.00 bits per heavy atom. The lowest BCUT2D eigenvalue weighted by Gasteiger charge is -2.30. The number of rotatable bonds is 9. The molecule has 2 aliphatic rings. The molecule has 3 heterocycles. The fourth-order valence-electron chi connectivity index (χ4n) is 3.72. The Kier molecular flexibility index (Phi) is 7.05. The van der Waals surface area contributed by atoms with Gasteiger partial charge in [-0.15, -0.1) is 0 Å². The summed E-state index contributed by atoms with van der Waals surface area (Å²) in [4.78, 5) is 24.8. The average molecular weight is 496 g/mol. The van der Waals surface area contributed by atoms with Crippen molar-refractivity contribution in [3.63, 3.8) is 0 Å². The van der Waals surface area contributed by atoms with Crippen LogP contribution in [0.15, 0.2) is 40.4 Å². The number of benzene rings is 1. The van der Waals surface area contributed by atoms with Gasteiger partial charge in [-0.25, -0.2) is 9.97 Å². The van der Waals surface area contributed by atoms with Gasteiger partial charge in [0.05, 0.1) is 19.8 Å². The molecule has 1 saturated heterocycles. The number of nitrogens with one attached hydrogen (secondary N) is 3. The van der Waals surface area contributed by atoms with Crippen LogP contribution in [0, 0.1) is 12.8 Å². The highest BCUT2D eigenvalue weighted by molar-refractivity contribution is 7.99. The summed E-state index contributed by atoms with van der Waals surface area (Å²) >= 11 is 1.45. The van der Waals surface area contributed by atoms with Crippen molar-refractivity contribution in [2.24, 2.45) is 5.92 Å². The first-order chi connectivity index (χ1) is 17.1. The van der Waals surface area contributed by atoms with Crippen LogP contribution in [-0.4, -0.2) is 59.0 Å². The van der Waals surface area contributed by atoms with Crippen molar-refractivity contribution in [3.05, 3.63) is 36.0 Å². The maximum Gasteiger partial charge on any atom is 0.227 e. The summed E-state index contributed by atoms with van der Waals surface area (Å²) in [5, 5.41) is 14.1. The van der Waals surface area contributed by atoms with Crippen molar-refractivity contribution in [3.8, 4) is 5.75 Å². The van der Waals surface area contributed by atoms with E-state index in [2.05, 4.69) is 25.7 Å². The molecule has 11 heteroatoms. The van der Waals surface area contributed by atoms with Crippen molar-refractivity contribution in [2.75, 3.05) is 48.4 Å². The minimum atomic E-state index is 0.0970. The molecule has 1 aromatic carbocycles. The highest BCUT2D eigenvalue weighted by Gasteiger charge is 2.29. The molecule has 1 saturated carbocycles. The molecule has 0 unspecified atom stereocenters. The maximum atomic E-state index is 12.0. The van der Waals surface area contributed by atoms with Crippen LogP contribution in [0.4, 0.5) is 23.1 Å². The van der Waals surface area contributed by atoms with Crippen LogP contribution in [0.3, 0.4) is 0 Å². The number of nitrogens with zero attached hydrogens (tertiary/aromatic N) is 4. The van der Waals surface area contributed by atoms with Gasteiger partial charge in [-0.05, 0) is 62.7 Å². The molecule has 3 aromatic rings. The Bertz CT molecular complexity index is 1170. The second-order valence-corrected chi connectivity index (χ2v) is 9.53. The van der Waals surface area contributed by atoms with Crippen molar-refractivity contribution in [2.45, 2.75) is 36.7 Å². The van der Waals surface area contributed by atoms with Crippen molar-refractivity contribution >= 4 is 40.8 Å². The minimum absolute atomic E-state index is 0.0970. The van der Waals surface area contributed by atoms with E-state index < -0.39 is 0 Å². The maximum absolute atomic E-state index is 12.0. The highest BCUT2D eigenvalue weighted by atomic mass is 32.2. The van der Waals surface area contributed by atoms with Crippen molar-refractivity contribution < 1.29 is 14.3 Å². The quantitative estimate of drug-likeness (QED) is 0.379. The molecule has 2 fully saturated rings. The molecule has 0 atom stereocenters. The molecule has 0 radical (unpaired) electrons. The summed E-state index contributed by atoms with van der Waals surface area (Å²) in [5.41, 5.74) is 1.74. The lowest BCUT2D eigenvalue weighted by atomic mass is 10.3. The molecular weight excluding hydrogens is 466 g/mol. The van der Waals surface area contributed by atoms with Gasteiger partial charge in [0.2, 0.25) is 11.7 Å². The number of aryl methyl sites for hydroxylation is 1. The first kappa shape index (κ1) is 23.4. The molecule has 1 aliphatic heterocycles. The standard InChI is InChI=1S/C24H29N7O3S/c1-3-34-20-21(26-19-14-15(2)29-30-19)27-24(28-22(20)31-10-12-33-13-11-31)35-18-8-6-17(7-9-18)25-23(32)16-4-5-16/h6-9,14,16H,3-5,10-13H2,1-2H3,(H,25,32)(H2,26,27,28,29,30). The molecule has 184 valence electrons. The summed E-state index contributed by atoms with van der Waals surface area (Å²) in [5.74, 6) is 2.81. The monoisotopic (exact) mass is 495 g/mol. The average Bonchev–Trinajstić information content (AvgIpc) is 3.64. The number of carbonyl (C=O) groups is 1. The predicted octanol–water partition coefficient (Wildman–Crippen LogP) is 3.99. The lowest BCUT2D eigenvalue weighted by Crippen LogP contribution is -2.37. The van der Waals surface area contributed by atoms with Crippen molar-refractivity contribution in [1.82, 2.24) is 20.2 Å². The molecule has 1 amide bonds. The summed E-state index contributed by atoms with van der Waals surface area (Å²) in [6.07, 6.45) is 1.96. The van der Waals surface area contributed by atoms with Gasteiger partial charge in [-0.3, -0.25) is 9.89 Å². The SMILES string of the molecule is CCOc1c(Nc2cc(C)[nH]n2)nc(Sc2ccc(NC(=O)C3CC3)cc2)nc1N1CCOCC1. The molecule has 10 nitrogen and oxygen atoms in total. The van der Waals surface area contributed by atoms with Crippen molar-refractivity contribution in [1.29, 1.82) is 0 Å². The molecule has 0 spiro atoms. The number of anilines is 4. The van der Waals surface area contributed by atoms with Gasteiger partial charge in [0.15, 0.2) is 22.6 Å². The van der Waals surface area contributed by atoms with Crippen LogP contribution in [0.25, 0.3) is 0 Å². The third-order valence-electron chi connectivity index (χ3n) is 5.66. The number of H-pyrrole nitrogens is 1. The van der Waals surface area contributed by atoms with Gasteiger partial charge in [-0.2, -0.15) is 5.10 Å². The van der Waals surface area contributed by atoms with Gasteiger partial charge >= 0.3 is 0 Å². The zero-order valence-electron chi connectivity index (χ0n) is 19.8. The van der Waals surface area contributed by atoms with Crippen LogP contribution in [0.2, 0.25) is 0 Å². The van der Waals surface area contributed by atoms with Crippen LogP contribution >= 0.6 is 11.8 Å². The Balaban J connectivity index is 1.43. The number of carbonyl (C=O) groups excluding carboxylic acids is 1. The molecule has 35 heavy (non-hydrogen) atoms. The predicted molar refractivity (Wildman–Crippen MR) is 135 cm³/mol. The summed E-state index contributed by atoms with van der Waals surface area (Å²) in [6.45, 7) is 7.07. The third kappa shape index (κ3) is 5.85. The Morgan fingerprint density at radius 3 is 2.66 bits per heavy atom. The van der Waals surface area contributed by atoms with E-state index in [1.165, 1.54) is 11.8 Å². The van der Waals surface area contributed by atoms with Gasteiger partial charge in [0.25, 0.3) is 0 Å². The summed E-state index contributed by atoms with van der Waals surface area (Å²) < 4.78 is 11.6. The first-order valence-corrected chi connectivity index (χ1v) is 12.7. The Labute approximate surface area is 208 Å². The minimum Gasteiger partial charge on any atom is -0.487 e. The largest absolute Gasteiger partial charge is 0.487 e. The van der Waals surface area contributed by atoms with E-state index in [-0.39, 0.29) is 11.8 Å². The van der Waals surface area contributed by atoms with E-state index in [0.717, 1.165) is 48.0 Å². The Hall–Kier alpha value is -3.31. The summed E-state index contributed by atoms with van der Waals surface area (Å²) in [6, 6.07) is 9.66. The van der Waals surface area contributed by atoms with E-state index in [4.69, 9.17) is 19.4 Å². The zero-order chi connectivity index (χ0) is 24.2. The van der Waals surface area contributed by atoms with E-state index in [1.807, 2.05) is 44.2 Å². The van der Waals surface area contributed by atoms with Crippen LogP contribution in [-0.2, 0) is 9.53 Å². The second-order valence-electron chi connectivity index (χ2n) is 8.49. The number of aromatic amines is 1. The molecule has 3 N–H and O–H groups in total. The molecule has 0 bridgehead atoms. The lowest BCUT2D eigenvalue weighted by molar-refractivity contribution is -0.117. The van der Waals surface area contributed by atoms with Crippen LogP contribution < -0.4 is 20.3 Å². The van der Waals surface area contributed by atoms with E-state index >= 15 is 0 Å². The molecule has 5 rings (SSSR count). The van der Waals surface area contributed by atoms with Gasteiger partial charge in [0, 0.05) is 41.4 Å². The normalized spacial score (nSPS) is 15.7.